The van der Waals surface area contributed by atoms with Gasteiger partial charge in [-0.3, -0.25) is 4.79 Å². The first-order chi connectivity index (χ1) is 17.9. The number of hydrogen-bond donors (Lipinski definition) is 1. The van der Waals surface area contributed by atoms with Gasteiger partial charge in [0.05, 0.1) is 27.3 Å². The first-order valence-electron chi connectivity index (χ1n) is 9.69. The van der Waals surface area contributed by atoms with Crippen LogP contribution in [0.15, 0.2) is 41.3 Å². The molecule has 0 atom stereocenters. The number of amides is 1. The standard InChI is InChI=1S/C19H7ClF12N4O3S/c20-9-1-2-12(11(6-9)18(27,28)29)36-14(19(30,31)32)13(33-35-36)15(37)34-40(38,39)10-4-7(16(21,22)23)3-8(5-10)17(24,25)26/h1-6H,(H,34,37). The molecule has 1 aromatic heterocycles. The Kier molecular flexibility index (Phi) is 7.61. The molecule has 0 aliphatic rings. The molecule has 2 aromatic carbocycles. The molecule has 3 aromatic rings. The lowest BCUT2D eigenvalue weighted by molar-refractivity contribution is -0.145. The maximum Gasteiger partial charge on any atom is 0.435 e. The van der Waals surface area contributed by atoms with Crippen molar-refractivity contribution in [2.45, 2.75) is 29.6 Å². The molecule has 0 unspecified atom stereocenters. The van der Waals surface area contributed by atoms with Gasteiger partial charge in [-0.2, -0.15) is 52.7 Å². The summed E-state index contributed by atoms with van der Waals surface area (Å²) in [4.78, 5) is 10.6. The average Bonchev–Trinajstić information content (AvgIpc) is 3.23. The van der Waals surface area contributed by atoms with E-state index in [0.717, 1.165) is 4.72 Å². The predicted molar refractivity (Wildman–Crippen MR) is 107 cm³/mol. The van der Waals surface area contributed by atoms with Gasteiger partial charge in [0.25, 0.3) is 15.9 Å². The molecule has 7 nitrogen and oxygen atoms in total. The van der Waals surface area contributed by atoms with E-state index in [1.165, 1.54) is 0 Å². The number of sulfonamides is 1. The van der Waals surface area contributed by atoms with Gasteiger partial charge in [-0.15, -0.1) is 5.10 Å². The summed E-state index contributed by atoms with van der Waals surface area (Å²) in [6.07, 6.45) is -22.2. The molecule has 0 saturated heterocycles. The second kappa shape index (κ2) is 9.82. The summed E-state index contributed by atoms with van der Waals surface area (Å²) in [6, 6.07) is 0.192. The van der Waals surface area contributed by atoms with Crippen LogP contribution in [0.25, 0.3) is 5.69 Å². The molecular weight excluding hydrogens is 628 g/mol. The van der Waals surface area contributed by atoms with Gasteiger partial charge in [0, 0.05) is 5.02 Å². The van der Waals surface area contributed by atoms with Crippen LogP contribution < -0.4 is 4.72 Å². The maximum absolute atomic E-state index is 13.8. The van der Waals surface area contributed by atoms with Crippen LogP contribution in [0.2, 0.25) is 5.02 Å². The lowest BCUT2D eigenvalue weighted by Crippen LogP contribution is -2.33. The van der Waals surface area contributed by atoms with Crippen molar-refractivity contribution in [1.29, 1.82) is 0 Å². The number of carbonyl (C=O) groups is 1. The van der Waals surface area contributed by atoms with Gasteiger partial charge in [-0.05, 0) is 36.4 Å². The van der Waals surface area contributed by atoms with Crippen molar-refractivity contribution in [2.75, 3.05) is 0 Å². The molecule has 0 aliphatic heterocycles. The number of hydrogen-bond acceptors (Lipinski definition) is 5. The van der Waals surface area contributed by atoms with E-state index in [1.54, 1.807) is 0 Å². The molecule has 1 amide bonds. The minimum Gasteiger partial charge on any atom is -0.266 e. The highest BCUT2D eigenvalue weighted by atomic mass is 35.5. The van der Waals surface area contributed by atoms with E-state index in [1.807, 2.05) is 0 Å². The van der Waals surface area contributed by atoms with Crippen molar-refractivity contribution in [2.24, 2.45) is 0 Å². The van der Waals surface area contributed by atoms with Crippen LogP contribution in [0.1, 0.15) is 32.9 Å². The second-order valence-electron chi connectivity index (χ2n) is 7.53. The fraction of sp³-hybridized carbons (Fsp3) is 0.211. The van der Waals surface area contributed by atoms with Crippen LogP contribution in [0, 0.1) is 0 Å². The van der Waals surface area contributed by atoms with Gasteiger partial charge in [0.1, 0.15) is 0 Å². The Morgan fingerprint density at radius 1 is 0.775 bits per heavy atom. The van der Waals surface area contributed by atoms with E-state index in [9.17, 15) is 65.9 Å². The van der Waals surface area contributed by atoms with Gasteiger partial charge in [0.2, 0.25) is 0 Å². The summed E-state index contributed by atoms with van der Waals surface area (Å²) in [5, 5.41) is 5.00. The van der Waals surface area contributed by atoms with E-state index in [2.05, 4.69) is 10.3 Å². The van der Waals surface area contributed by atoms with Crippen molar-refractivity contribution >= 4 is 27.5 Å². The number of nitrogens with zero attached hydrogens (tertiary/aromatic N) is 3. The quantitative estimate of drug-likeness (QED) is 0.350. The highest BCUT2D eigenvalue weighted by Crippen LogP contribution is 2.40. The summed E-state index contributed by atoms with van der Waals surface area (Å²) < 4.78 is 185. The summed E-state index contributed by atoms with van der Waals surface area (Å²) in [5.74, 6) is -2.40. The highest BCUT2D eigenvalue weighted by molar-refractivity contribution is 7.90. The molecule has 1 N–H and O–H groups in total. The van der Waals surface area contributed by atoms with Crippen molar-refractivity contribution in [3.63, 3.8) is 0 Å². The van der Waals surface area contributed by atoms with Crippen molar-refractivity contribution in [3.8, 4) is 5.69 Å². The monoisotopic (exact) mass is 634 g/mol. The third kappa shape index (κ3) is 6.43. The van der Waals surface area contributed by atoms with E-state index in [4.69, 9.17) is 11.6 Å². The summed E-state index contributed by atoms with van der Waals surface area (Å²) >= 11 is 5.47. The highest BCUT2D eigenvalue weighted by Gasteiger charge is 2.45. The number of halogens is 13. The van der Waals surface area contributed by atoms with Gasteiger partial charge in [0.15, 0.2) is 11.4 Å². The van der Waals surface area contributed by atoms with Gasteiger partial charge >= 0.3 is 24.7 Å². The lowest BCUT2D eigenvalue weighted by atomic mass is 10.1. The van der Waals surface area contributed by atoms with Crippen LogP contribution in [0.4, 0.5) is 52.7 Å². The van der Waals surface area contributed by atoms with Gasteiger partial charge in [-0.1, -0.05) is 16.8 Å². The Balaban J connectivity index is 2.15. The molecule has 1 heterocycles. The van der Waals surface area contributed by atoms with Crippen LogP contribution in [-0.4, -0.2) is 29.3 Å². The Labute approximate surface area is 218 Å². The van der Waals surface area contributed by atoms with E-state index in [-0.39, 0.29) is 18.2 Å². The predicted octanol–water partition coefficient (Wildman–Crippen LogP) is 6.11. The molecule has 218 valence electrons. The third-order valence-electron chi connectivity index (χ3n) is 4.74. The number of carbonyl (C=O) groups excluding carboxylic acids is 1. The van der Waals surface area contributed by atoms with Crippen LogP contribution in [0.5, 0.6) is 0 Å². The topological polar surface area (TPSA) is 93.9 Å². The number of nitrogens with one attached hydrogen (secondary N) is 1. The number of aromatic nitrogens is 3. The SMILES string of the molecule is O=C(NS(=O)(=O)c1cc(C(F)(F)F)cc(C(F)(F)F)c1)c1nnn(-c2ccc(Cl)cc2C(F)(F)F)c1C(F)(F)F. The summed E-state index contributed by atoms with van der Waals surface area (Å²) in [6.45, 7) is 0. The van der Waals surface area contributed by atoms with E-state index >= 15 is 0 Å². The van der Waals surface area contributed by atoms with Gasteiger partial charge < -0.3 is 0 Å². The number of benzene rings is 2. The molecule has 0 spiro atoms. The fourth-order valence-electron chi connectivity index (χ4n) is 3.09. The minimum atomic E-state index is -5.77. The van der Waals surface area contributed by atoms with Crippen LogP contribution in [-0.2, 0) is 34.7 Å². The largest absolute Gasteiger partial charge is 0.435 e. The second-order valence-corrected chi connectivity index (χ2v) is 9.65. The Morgan fingerprint density at radius 3 is 1.75 bits per heavy atom. The summed E-state index contributed by atoms with van der Waals surface area (Å²) in [5.41, 5.74) is -11.8. The average molecular weight is 635 g/mol. The molecule has 0 saturated carbocycles. The van der Waals surface area contributed by atoms with E-state index in [0.29, 0.717) is 12.1 Å². The normalized spacial score (nSPS) is 13.4. The molecule has 0 bridgehead atoms. The molecular formula is C19H7ClF12N4O3S. The van der Waals surface area contributed by atoms with Gasteiger partial charge in [-0.25, -0.2) is 17.8 Å². The molecule has 21 heteroatoms. The molecule has 40 heavy (non-hydrogen) atoms. The zero-order chi connectivity index (χ0) is 30.6. The molecule has 3 rings (SSSR count). The lowest BCUT2D eigenvalue weighted by Gasteiger charge is -2.16. The Morgan fingerprint density at radius 2 is 1.30 bits per heavy atom. The van der Waals surface area contributed by atoms with E-state index < -0.39 is 95.1 Å². The summed E-state index contributed by atoms with van der Waals surface area (Å²) in [7, 11) is -5.77. The zero-order valence-corrected chi connectivity index (χ0v) is 19.9. The molecule has 0 aliphatic carbocycles. The smallest absolute Gasteiger partial charge is 0.266 e. The Hall–Kier alpha value is -3.55. The minimum absolute atomic E-state index is 0.203. The van der Waals surface area contributed by atoms with Crippen molar-refractivity contribution in [3.05, 3.63) is 69.5 Å². The van der Waals surface area contributed by atoms with Crippen molar-refractivity contribution in [1.82, 2.24) is 19.7 Å². The van der Waals surface area contributed by atoms with Crippen LogP contribution in [0.3, 0.4) is 0 Å². The fourth-order valence-corrected chi connectivity index (χ4v) is 4.28. The third-order valence-corrected chi connectivity index (χ3v) is 6.29. The maximum atomic E-state index is 13.8. The van der Waals surface area contributed by atoms with Crippen LogP contribution >= 0.6 is 11.6 Å². The van der Waals surface area contributed by atoms with Crippen molar-refractivity contribution < 1.29 is 65.9 Å². The molecule has 0 radical (unpaired) electrons. The number of alkyl halides is 12. The first-order valence-corrected chi connectivity index (χ1v) is 11.6. The Bertz CT molecular complexity index is 1540. The first kappa shape index (κ1) is 31.0. The number of rotatable bonds is 4. The molecule has 0 fully saturated rings. The zero-order valence-electron chi connectivity index (χ0n) is 18.4.